The van der Waals surface area contributed by atoms with Crippen molar-refractivity contribution in [3.63, 3.8) is 0 Å². The monoisotopic (exact) mass is 406 g/mol. The van der Waals surface area contributed by atoms with Crippen LogP contribution in [0.25, 0.3) is 0 Å². The maximum atomic E-state index is 3.26. The van der Waals surface area contributed by atoms with Crippen LogP contribution in [0.2, 0.25) is 0 Å². The third-order valence-corrected chi connectivity index (χ3v) is 2.69. The van der Waals surface area contributed by atoms with Crippen molar-refractivity contribution in [3.8, 4) is 0 Å². The van der Waals surface area contributed by atoms with Gasteiger partial charge >= 0.3 is 19.8 Å². The molecule has 0 radical (unpaired) electrons. The summed E-state index contributed by atoms with van der Waals surface area (Å²) in [5, 5.41) is 0. The van der Waals surface area contributed by atoms with Gasteiger partial charge in [0.05, 0.1) is 0 Å². The quantitative estimate of drug-likeness (QED) is 0.587. The van der Waals surface area contributed by atoms with Gasteiger partial charge in [-0.1, -0.05) is 39.5 Å². The van der Waals surface area contributed by atoms with E-state index in [9.17, 15) is 0 Å². The maximum Gasteiger partial charge on any atom is 2.00 e. The summed E-state index contributed by atoms with van der Waals surface area (Å²) in [5.41, 5.74) is 2.73. The Hall–Kier alpha value is -0.404. The van der Waals surface area contributed by atoms with Crippen molar-refractivity contribution < 1.29 is 19.8 Å². The van der Waals surface area contributed by atoms with Crippen molar-refractivity contribution in [3.05, 3.63) is 47.6 Å². The molecule has 2 aliphatic carbocycles. The van der Waals surface area contributed by atoms with Gasteiger partial charge in [-0.3, -0.25) is 12.2 Å². The molecular weight excluding hydrogens is 382 g/mol. The molecular formula is C16H22Os. The van der Waals surface area contributed by atoms with Gasteiger partial charge < -0.3 is 0 Å². The molecule has 0 saturated heterocycles. The fourth-order valence-electron chi connectivity index (χ4n) is 1.64. The second-order valence-corrected chi connectivity index (χ2v) is 4.79. The van der Waals surface area contributed by atoms with E-state index in [1.165, 1.54) is 11.1 Å². The van der Waals surface area contributed by atoms with Crippen LogP contribution in [0.4, 0.5) is 0 Å². The smallest absolute Gasteiger partial charge is 0.269 e. The summed E-state index contributed by atoms with van der Waals surface area (Å²) in [4.78, 5) is 0. The average Bonchev–Trinajstić information content (AvgIpc) is 2.93. The minimum absolute atomic E-state index is 0. The molecule has 0 bridgehead atoms. The maximum absolute atomic E-state index is 3.26. The standard InChI is InChI=1S/2C8H11.Os/c2*1-7(2)8-5-3-4-6-8;/h2*3,5,7H,4H2,1-2H3;/q2*-1;+2. The Morgan fingerprint density at radius 2 is 1.18 bits per heavy atom. The second-order valence-electron chi connectivity index (χ2n) is 4.79. The summed E-state index contributed by atoms with van der Waals surface area (Å²) in [6.07, 6.45) is 17.2. The van der Waals surface area contributed by atoms with Crippen LogP contribution in [0, 0.1) is 24.0 Å². The predicted molar refractivity (Wildman–Crippen MR) is 70.7 cm³/mol. The summed E-state index contributed by atoms with van der Waals surface area (Å²) in [6.45, 7) is 8.77. The van der Waals surface area contributed by atoms with Crippen molar-refractivity contribution in [1.82, 2.24) is 0 Å². The molecule has 0 aromatic rings. The Morgan fingerprint density at radius 1 is 0.824 bits per heavy atom. The molecule has 0 nitrogen and oxygen atoms in total. The summed E-state index contributed by atoms with van der Waals surface area (Å²) < 4.78 is 0. The fourth-order valence-corrected chi connectivity index (χ4v) is 1.64. The topological polar surface area (TPSA) is 0 Å². The second kappa shape index (κ2) is 8.65. The van der Waals surface area contributed by atoms with E-state index in [4.69, 9.17) is 0 Å². The molecule has 0 heterocycles. The molecule has 0 aliphatic heterocycles. The van der Waals surface area contributed by atoms with Crippen LogP contribution in [0.1, 0.15) is 40.5 Å². The van der Waals surface area contributed by atoms with E-state index < -0.39 is 0 Å². The van der Waals surface area contributed by atoms with Crippen LogP contribution in [0.15, 0.2) is 35.5 Å². The first-order valence-electron chi connectivity index (χ1n) is 6.15. The van der Waals surface area contributed by atoms with Crippen LogP contribution in [0.3, 0.4) is 0 Å². The number of hydrogen-bond acceptors (Lipinski definition) is 0. The molecule has 1 heteroatoms. The van der Waals surface area contributed by atoms with Crippen LogP contribution in [-0.2, 0) is 19.8 Å². The van der Waals surface area contributed by atoms with Gasteiger partial charge in [-0.05, 0) is 0 Å². The zero-order chi connectivity index (χ0) is 12.0. The number of allylic oxidation sites excluding steroid dienone is 8. The normalized spacial score (nSPS) is 16.6. The Labute approximate surface area is 120 Å². The van der Waals surface area contributed by atoms with Crippen molar-refractivity contribution in [2.24, 2.45) is 11.8 Å². The Balaban J connectivity index is 0.000000284. The average molecular weight is 405 g/mol. The molecule has 0 N–H and O–H groups in total. The zero-order valence-corrected chi connectivity index (χ0v) is 13.8. The molecule has 0 amide bonds. The Kier molecular flexibility index (Phi) is 8.45. The molecule has 94 valence electrons. The van der Waals surface area contributed by atoms with E-state index in [0.29, 0.717) is 11.8 Å². The number of hydrogen-bond donors (Lipinski definition) is 0. The molecule has 0 aromatic heterocycles. The van der Waals surface area contributed by atoms with Crippen molar-refractivity contribution >= 4 is 0 Å². The molecule has 0 saturated carbocycles. The molecule has 0 atom stereocenters. The fraction of sp³-hybridized carbons (Fsp3) is 0.500. The van der Waals surface area contributed by atoms with Gasteiger partial charge in [-0.25, -0.2) is 23.3 Å². The van der Waals surface area contributed by atoms with E-state index in [1.54, 1.807) is 0 Å². The third kappa shape index (κ3) is 6.18. The van der Waals surface area contributed by atoms with E-state index in [1.807, 2.05) is 0 Å². The first kappa shape index (κ1) is 16.6. The Morgan fingerprint density at radius 3 is 1.29 bits per heavy atom. The molecule has 0 fully saturated rings. The molecule has 0 unspecified atom stereocenters. The largest absolute Gasteiger partial charge is 2.00 e. The first-order valence-corrected chi connectivity index (χ1v) is 6.15. The van der Waals surface area contributed by atoms with Gasteiger partial charge in [-0.15, -0.1) is 12.8 Å². The van der Waals surface area contributed by atoms with E-state index in [0.717, 1.165) is 12.8 Å². The number of rotatable bonds is 2. The molecule has 0 spiro atoms. The van der Waals surface area contributed by atoms with E-state index >= 15 is 0 Å². The minimum Gasteiger partial charge on any atom is -0.269 e. The Bertz CT molecular complexity index is 293. The third-order valence-electron chi connectivity index (χ3n) is 2.69. The van der Waals surface area contributed by atoms with Crippen LogP contribution < -0.4 is 0 Å². The zero-order valence-electron chi connectivity index (χ0n) is 11.2. The molecule has 2 aliphatic rings. The van der Waals surface area contributed by atoms with E-state index in [-0.39, 0.29) is 19.8 Å². The summed E-state index contributed by atoms with van der Waals surface area (Å²) in [5.74, 6) is 1.32. The van der Waals surface area contributed by atoms with Crippen molar-refractivity contribution in [2.75, 3.05) is 0 Å². The van der Waals surface area contributed by atoms with Gasteiger partial charge in [0, 0.05) is 0 Å². The summed E-state index contributed by atoms with van der Waals surface area (Å²) >= 11 is 0. The van der Waals surface area contributed by atoms with E-state index in [2.05, 4.69) is 64.2 Å². The molecule has 17 heavy (non-hydrogen) atoms. The van der Waals surface area contributed by atoms with Gasteiger partial charge in [0.1, 0.15) is 0 Å². The van der Waals surface area contributed by atoms with Crippen LogP contribution in [0.5, 0.6) is 0 Å². The van der Waals surface area contributed by atoms with Gasteiger partial charge in [-0.2, -0.15) is 12.2 Å². The van der Waals surface area contributed by atoms with Gasteiger partial charge in [0.25, 0.3) is 0 Å². The van der Waals surface area contributed by atoms with Crippen LogP contribution in [-0.4, -0.2) is 0 Å². The SMILES string of the molecule is CC(C)C1=[C-]CC=C1.CC(C)C1=[C-]CC=C1.[Os+2]. The van der Waals surface area contributed by atoms with Crippen LogP contribution >= 0.6 is 0 Å². The summed E-state index contributed by atoms with van der Waals surface area (Å²) in [7, 11) is 0. The minimum atomic E-state index is 0. The first-order chi connectivity index (χ1) is 7.61. The van der Waals surface area contributed by atoms with Gasteiger partial charge in [0.15, 0.2) is 0 Å². The molecule has 2 rings (SSSR count). The predicted octanol–water partition coefficient (Wildman–Crippen LogP) is 4.66. The van der Waals surface area contributed by atoms with Gasteiger partial charge in [0.2, 0.25) is 0 Å². The van der Waals surface area contributed by atoms with Crippen molar-refractivity contribution in [1.29, 1.82) is 0 Å². The summed E-state index contributed by atoms with van der Waals surface area (Å²) in [6, 6.07) is 0. The van der Waals surface area contributed by atoms with Crippen molar-refractivity contribution in [2.45, 2.75) is 40.5 Å². The molecule has 0 aromatic carbocycles.